The molecule has 0 bridgehead atoms. The Bertz CT molecular complexity index is 996. The van der Waals surface area contributed by atoms with Crippen LogP contribution in [0.1, 0.15) is 6.92 Å². The first-order chi connectivity index (χ1) is 11.1. The average Bonchev–Trinajstić information content (AvgIpc) is 2.94. The molecule has 0 atom stereocenters. The van der Waals surface area contributed by atoms with Crippen LogP contribution in [0, 0.1) is 5.82 Å². The number of allylic oxidation sites excluding steroid dienone is 1. The first kappa shape index (κ1) is 15.0. The highest BCUT2D eigenvalue weighted by Gasteiger charge is 2.18. The van der Waals surface area contributed by atoms with Crippen LogP contribution in [0.4, 0.5) is 4.39 Å². The van der Waals surface area contributed by atoms with Crippen molar-refractivity contribution in [1.29, 1.82) is 0 Å². The molecule has 23 heavy (non-hydrogen) atoms. The predicted octanol–water partition coefficient (Wildman–Crippen LogP) is 1.69. The second-order valence-electron chi connectivity index (χ2n) is 5.00. The van der Waals surface area contributed by atoms with E-state index in [2.05, 4.69) is 11.6 Å². The lowest BCUT2D eigenvalue weighted by Gasteiger charge is -2.11. The van der Waals surface area contributed by atoms with E-state index in [-0.39, 0.29) is 12.2 Å². The van der Waals surface area contributed by atoms with Gasteiger partial charge in [0, 0.05) is 13.1 Å². The van der Waals surface area contributed by atoms with Gasteiger partial charge in [0.15, 0.2) is 11.2 Å². The first-order valence-electron chi connectivity index (χ1n) is 7.16. The number of fused-ring (bicyclic) bond motifs is 1. The van der Waals surface area contributed by atoms with E-state index in [1.165, 1.54) is 35.2 Å². The summed E-state index contributed by atoms with van der Waals surface area (Å²) in [4.78, 5) is 29.4. The van der Waals surface area contributed by atoms with Crippen LogP contribution in [-0.4, -0.2) is 18.7 Å². The zero-order chi connectivity index (χ0) is 16.6. The van der Waals surface area contributed by atoms with Crippen molar-refractivity contribution in [3.63, 3.8) is 0 Å². The maximum absolute atomic E-state index is 13.2. The zero-order valence-corrected chi connectivity index (χ0v) is 12.6. The number of benzene rings is 1. The number of imidazole rings is 1. The predicted molar refractivity (Wildman–Crippen MR) is 85.4 cm³/mol. The third-order valence-electron chi connectivity index (χ3n) is 3.63. The van der Waals surface area contributed by atoms with Gasteiger partial charge in [0.25, 0.3) is 5.56 Å². The standard InChI is InChI=1S/C16H15FN4O2/c1-3-9-19-10-18-14-13(19)15(22)20(4-2)16(23)21(14)12-7-5-11(17)6-8-12/h3,5-8,10H,1,4,9H2,2H3. The van der Waals surface area contributed by atoms with Crippen LogP contribution in [0.25, 0.3) is 16.9 Å². The Kier molecular flexibility index (Phi) is 3.69. The second kappa shape index (κ2) is 5.68. The Labute approximate surface area is 130 Å². The van der Waals surface area contributed by atoms with Crippen LogP contribution in [0.3, 0.4) is 0 Å². The second-order valence-corrected chi connectivity index (χ2v) is 5.00. The van der Waals surface area contributed by atoms with Crippen LogP contribution < -0.4 is 11.2 Å². The van der Waals surface area contributed by atoms with E-state index in [1.807, 2.05) is 0 Å². The molecular weight excluding hydrogens is 299 g/mol. The number of aromatic nitrogens is 4. The fraction of sp³-hybridized carbons (Fsp3) is 0.188. The summed E-state index contributed by atoms with van der Waals surface area (Å²) in [6.07, 6.45) is 3.14. The summed E-state index contributed by atoms with van der Waals surface area (Å²) in [5.41, 5.74) is 0.118. The molecule has 2 heterocycles. The van der Waals surface area contributed by atoms with Crippen LogP contribution >= 0.6 is 0 Å². The van der Waals surface area contributed by atoms with Gasteiger partial charge in [0.05, 0.1) is 12.0 Å². The molecule has 118 valence electrons. The van der Waals surface area contributed by atoms with Crippen LogP contribution in [0.5, 0.6) is 0 Å². The zero-order valence-electron chi connectivity index (χ0n) is 12.6. The summed E-state index contributed by atoms with van der Waals surface area (Å²) in [7, 11) is 0. The molecule has 2 aromatic heterocycles. The normalized spacial score (nSPS) is 11.0. The van der Waals surface area contributed by atoms with Gasteiger partial charge in [-0.15, -0.1) is 6.58 Å². The molecule has 0 aliphatic carbocycles. The minimum Gasteiger partial charge on any atom is -0.321 e. The van der Waals surface area contributed by atoms with Crippen molar-refractivity contribution in [3.05, 3.63) is 69.9 Å². The maximum Gasteiger partial charge on any atom is 0.337 e. The highest BCUT2D eigenvalue weighted by Crippen LogP contribution is 2.13. The molecule has 0 spiro atoms. The largest absolute Gasteiger partial charge is 0.337 e. The number of hydrogen-bond acceptors (Lipinski definition) is 3. The van der Waals surface area contributed by atoms with E-state index in [9.17, 15) is 14.0 Å². The summed E-state index contributed by atoms with van der Waals surface area (Å²) in [5, 5.41) is 0. The lowest BCUT2D eigenvalue weighted by Crippen LogP contribution is -2.39. The quantitative estimate of drug-likeness (QED) is 0.689. The van der Waals surface area contributed by atoms with Crippen LogP contribution in [0.2, 0.25) is 0 Å². The van der Waals surface area contributed by atoms with Crippen molar-refractivity contribution >= 4 is 11.2 Å². The summed E-state index contributed by atoms with van der Waals surface area (Å²) in [6, 6.07) is 5.48. The van der Waals surface area contributed by atoms with Crippen molar-refractivity contribution in [2.24, 2.45) is 0 Å². The van der Waals surface area contributed by atoms with Gasteiger partial charge in [-0.3, -0.25) is 9.36 Å². The van der Waals surface area contributed by atoms with Gasteiger partial charge in [-0.2, -0.15) is 0 Å². The van der Waals surface area contributed by atoms with Crippen molar-refractivity contribution < 1.29 is 4.39 Å². The fourth-order valence-corrected chi connectivity index (χ4v) is 2.56. The number of rotatable bonds is 4. The molecule has 0 aliphatic rings. The van der Waals surface area contributed by atoms with Crippen molar-refractivity contribution in [2.75, 3.05) is 0 Å². The van der Waals surface area contributed by atoms with Crippen molar-refractivity contribution in [3.8, 4) is 5.69 Å². The van der Waals surface area contributed by atoms with E-state index in [0.29, 0.717) is 17.7 Å². The highest BCUT2D eigenvalue weighted by molar-refractivity contribution is 5.72. The molecule has 7 heteroatoms. The Balaban J connectivity index is 2.46. The first-order valence-corrected chi connectivity index (χ1v) is 7.16. The SMILES string of the molecule is C=CCn1cnc2c1c(=O)n(CC)c(=O)n2-c1ccc(F)cc1. The molecule has 0 saturated heterocycles. The van der Waals surface area contributed by atoms with Crippen LogP contribution in [-0.2, 0) is 13.1 Å². The molecule has 0 fully saturated rings. The topological polar surface area (TPSA) is 61.8 Å². The fourth-order valence-electron chi connectivity index (χ4n) is 2.56. The molecule has 3 rings (SSSR count). The Morgan fingerprint density at radius 3 is 2.57 bits per heavy atom. The van der Waals surface area contributed by atoms with Crippen molar-refractivity contribution in [1.82, 2.24) is 18.7 Å². The monoisotopic (exact) mass is 314 g/mol. The lowest BCUT2D eigenvalue weighted by atomic mass is 10.3. The molecule has 0 unspecified atom stereocenters. The Hall–Kier alpha value is -2.96. The van der Waals surface area contributed by atoms with Crippen LogP contribution in [0.15, 0.2) is 52.8 Å². The van der Waals surface area contributed by atoms with Crippen molar-refractivity contribution in [2.45, 2.75) is 20.0 Å². The molecule has 1 aromatic carbocycles. The van der Waals surface area contributed by atoms with Gasteiger partial charge < -0.3 is 4.57 Å². The number of nitrogens with zero attached hydrogens (tertiary/aromatic N) is 4. The van der Waals surface area contributed by atoms with E-state index in [1.54, 1.807) is 17.6 Å². The molecule has 0 aliphatic heterocycles. The van der Waals surface area contributed by atoms with Gasteiger partial charge in [0.1, 0.15) is 5.82 Å². The Morgan fingerprint density at radius 1 is 1.26 bits per heavy atom. The average molecular weight is 314 g/mol. The minimum atomic E-state index is -0.500. The van der Waals surface area contributed by atoms with E-state index in [0.717, 1.165) is 4.57 Å². The highest BCUT2D eigenvalue weighted by atomic mass is 19.1. The maximum atomic E-state index is 13.2. The Morgan fingerprint density at radius 2 is 1.96 bits per heavy atom. The van der Waals surface area contributed by atoms with Gasteiger partial charge in [-0.05, 0) is 31.2 Å². The molecule has 3 aromatic rings. The minimum absolute atomic E-state index is 0.230. The molecular formula is C16H15FN4O2. The van der Waals surface area contributed by atoms with Gasteiger partial charge in [-0.1, -0.05) is 6.08 Å². The van der Waals surface area contributed by atoms with Gasteiger partial charge >= 0.3 is 5.69 Å². The summed E-state index contributed by atoms with van der Waals surface area (Å²) < 4.78 is 17.2. The molecule has 0 radical (unpaired) electrons. The third-order valence-corrected chi connectivity index (χ3v) is 3.63. The van der Waals surface area contributed by atoms with Gasteiger partial charge in [0.2, 0.25) is 0 Å². The smallest absolute Gasteiger partial charge is 0.321 e. The summed E-state index contributed by atoms with van der Waals surface area (Å²) in [6.45, 7) is 6.01. The third kappa shape index (κ3) is 2.30. The molecule has 0 amide bonds. The van der Waals surface area contributed by atoms with E-state index < -0.39 is 17.1 Å². The molecule has 0 N–H and O–H groups in total. The molecule has 0 saturated carbocycles. The summed E-state index contributed by atoms with van der Waals surface area (Å²) in [5.74, 6) is -0.404. The lowest BCUT2D eigenvalue weighted by molar-refractivity contribution is 0.626. The number of hydrogen-bond donors (Lipinski definition) is 0. The summed E-state index contributed by atoms with van der Waals surface area (Å²) >= 11 is 0. The number of halogens is 1. The van der Waals surface area contributed by atoms with E-state index >= 15 is 0 Å². The molecule has 6 nitrogen and oxygen atoms in total. The van der Waals surface area contributed by atoms with Gasteiger partial charge in [-0.25, -0.2) is 18.7 Å². The van der Waals surface area contributed by atoms with E-state index in [4.69, 9.17) is 0 Å².